The number of methoxy groups -OCH3 is 1. The molecule has 4 nitrogen and oxygen atoms in total. The number of aryl methyl sites for hydroxylation is 2. The smallest absolute Gasteiger partial charge is 0.282 e. The molecule has 164 valence electrons. The van der Waals surface area contributed by atoms with Gasteiger partial charge in [0.1, 0.15) is 12.3 Å². The molecule has 0 spiro atoms. The fraction of sp³-hybridized carbons (Fsp3) is 0.480. The second-order valence-electron chi connectivity index (χ2n) is 8.38. The normalized spacial score (nSPS) is 16.3. The Kier molecular flexibility index (Phi) is 8.92. The minimum absolute atomic E-state index is 0. The van der Waals surface area contributed by atoms with Gasteiger partial charge in [0.2, 0.25) is 0 Å². The van der Waals surface area contributed by atoms with Gasteiger partial charge in [-0.25, -0.2) is 0 Å². The molecule has 1 fully saturated rings. The fourth-order valence-electron chi connectivity index (χ4n) is 4.93. The molecule has 0 saturated carbocycles. The summed E-state index contributed by atoms with van der Waals surface area (Å²) >= 11 is 0. The number of piperidine rings is 1. The van der Waals surface area contributed by atoms with Gasteiger partial charge in [-0.05, 0) is 56.4 Å². The highest BCUT2D eigenvalue weighted by Crippen LogP contribution is 2.32. The van der Waals surface area contributed by atoms with Crippen molar-refractivity contribution < 1.29 is 31.0 Å². The van der Waals surface area contributed by atoms with E-state index in [9.17, 15) is 4.79 Å². The monoisotopic (exact) mass is 474 g/mol. The molecule has 3 rings (SSSR count). The molecule has 0 aromatic heterocycles. The van der Waals surface area contributed by atoms with E-state index in [0.29, 0.717) is 0 Å². The number of hydrogen-bond acceptors (Lipinski definition) is 2. The van der Waals surface area contributed by atoms with Gasteiger partial charge in [-0.3, -0.25) is 4.79 Å². The maximum atomic E-state index is 13.5. The van der Waals surface area contributed by atoms with Crippen LogP contribution >= 0.6 is 0 Å². The average molecular weight is 475 g/mol. The van der Waals surface area contributed by atoms with Crippen LogP contribution in [0.1, 0.15) is 49.3 Å². The van der Waals surface area contributed by atoms with E-state index in [-0.39, 0.29) is 28.9 Å². The largest absolute Gasteiger partial charge is 1.00 e. The second kappa shape index (κ2) is 11.0. The maximum absolute atomic E-state index is 13.5. The topological polar surface area (TPSA) is 38.3 Å². The van der Waals surface area contributed by atoms with Crippen LogP contribution in [0.3, 0.4) is 0 Å². The average Bonchev–Trinajstić information content (AvgIpc) is 2.72. The van der Waals surface area contributed by atoms with Crippen LogP contribution in [-0.4, -0.2) is 36.6 Å². The molecular formula is C25H35BrN2O2. The highest BCUT2D eigenvalue weighted by molar-refractivity contribution is 5.95. The molecule has 1 N–H and O–H groups in total. The first-order valence-corrected chi connectivity index (χ1v) is 10.9. The Balaban J connectivity index is 0.00000320. The van der Waals surface area contributed by atoms with E-state index in [1.54, 1.807) is 7.11 Å². The van der Waals surface area contributed by atoms with Crippen molar-refractivity contribution >= 4 is 11.6 Å². The lowest BCUT2D eigenvalue weighted by Gasteiger charge is -2.46. The Morgan fingerprint density at radius 2 is 1.67 bits per heavy atom. The van der Waals surface area contributed by atoms with Gasteiger partial charge in [0.15, 0.2) is 6.04 Å². The Bertz CT molecular complexity index is 827. The summed E-state index contributed by atoms with van der Waals surface area (Å²) in [5.41, 5.74) is 4.38. The number of benzene rings is 2. The third kappa shape index (κ3) is 5.25. The molecule has 1 heterocycles. The number of amides is 1. The van der Waals surface area contributed by atoms with E-state index in [1.807, 2.05) is 18.2 Å². The number of hydrogen-bond donors (Lipinski definition) is 1. The number of anilines is 1. The zero-order valence-corrected chi connectivity index (χ0v) is 20.3. The van der Waals surface area contributed by atoms with Crippen LogP contribution in [0.25, 0.3) is 0 Å². The van der Waals surface area contributed by atoms with Crippen LogP contribution in [0.2, 0.25) is 0 Å². The zero-order chi connectivity index (χ0) is 20.9. The highest BCUT2D eigenvalue weighted by Gasteiger charge is 2.42. The van der Waals surface area contributed by atoms with Crippen LogP contribution in [0, 0.1) is 13.8 Å². The minimum atomic E-state index is -0.0702. The molecular weight excluding hydrogens is 440 g/mol. The molecule has 1 aliphatic rings. The van der Waals surface area contributed by atoms with Crippen molar-refractivity contribution in [2.45, 2.75) is 59.0 Å². The molecule has 2 aromatic carbocycles. The van der Waals surface area contributed by atoms with Crippen molar-refractivity contribution in [1.29, 1.82) is 0 Å². The van der Waals surface area contributed by atoms with Crippen molar-refractivity contribution in [3.05, 3.63) is 59.2 Å². The number of ether oxygens (including phenoxy) is 1. The van der Waals surface area contributed by atoms with Gasteiger partial charge in [0, 0.05) is 17.7 Å². The lowest BCUT2D eigenvalue weighted by atomic mass is 9.98. The molecule has 2 aromatic rings. The molecule has 0 aliphatic carbocycles. The van der Waals surface area contributed by atoms with Crippen molar-refractivity contribution in [3.8, 4) is 5.75 Å². The number of para-hydroxylation sites is 2. The first-order chi connectivity index (χ1) is 14.0. The zero-order valence-electron chi connectivity index (χ0n) is 18.7. The first kappa shape index (κ1) is 24.4. The number of quaternary nitrogens is 1. The number of halogens is 1. The second-order valence-corrected chi connectivity index (χ2v) is 8.38. The molecule has 1 unspecified atom stereocenters. The van der Waals surface area contributed by atoms with E-state index in [4.69, 9.17) is 4.74 Å². The van der Waals surface area contributed by atoms with Crippen LogP contribution in [0.5, 0.6) is 5.75 Å². The van der Waals surface area contributed by atoms with Gasteiger partial charge in [-0.15, -0.1) is 0 Å². The predicted molar refractivity (Wildman–Crippen MR) is 119 cm³/mol. The standard InChI is InChI=1S/C25H34N2O2.BrH/c1-5-22(25(28)26-24-19(2)12-11-13-20(24)3)27(16-9-6-10-17-27)18-21-14-7-8-15-23(21)29-4;/h7-8,11-15,22H,5-6,9-10,16-18H2,1-4H3;1H. The maximum Gasteiger partial charge on any atom is 0.282 e. The first-order valence-electron chi connectivity index (χ1n) is 10.9. The van der Waals surface area contributed by atoms with E-state index in [2.05, 4.69) is 50.4 Å². The Morgan fingerprint density at radius 3 is 2.27 bits per heavy atom. The number of nitrogens with one attached hydrogen (secondary N) is 1. The van der Waals surface area contributed by atoms with Crippen LogP contribution in [0.15, 0.2) is 42.5 Å². The number of carbonyl (C=O) groups excluding carboxylic acids is 1. The Morgan fingerprint density at radius 1 is 1.03 bits per heavy atom. The summed E-state index contributed by atoms with van der Waals surface area (Å²) in [7, 11) is 1.73. The van der Waals surface area contributed by atoms with Crippen LogP contribution < -0.4 is 27.0 Å². The number of carbonyl (C=O) groups is 1. The van der Waals surface area contributed by atoms with Crippen molar-refractivity contribution in [2.24, 2.45) is 0 Å². The van der Waals surface area contributed by atoms with E-state index in [0.717, 1.165) is 53.1 Å². The van der Waals surface area contributed by atoms with Gasteiger partial charge < -0.3 is 31.5 Å². The van der Waals surface area contributed by atoms with E-state index >= 15 is 0 Å². The summed E-state index contributed by atoms with van der Waals surface area (Å²) < 4.78 is 6.44. The van der Waals surface area contributed by atoms with Crippen LogP contribution in [-0.2, 0) is 11.3 Å². The van der Waals surface area contributed by atoms with Gasteiger partial charge in [0.25, 0.3) is 5.91 Å². The van der Waals surface area contributed by atoms with Crippen molar-refractivity contribution in [3.63, 3.8) is 0 Å². The number of likely N-dealkylation sites (tertiary alicyclic amines) is 1. The highest BCUT2D eigenvalue weighted by atomic mass is 79.9. The molecule has 0 bridgehead atoms. The molecule has 1 aliphatic heterocycles. The summed E-state index contributed by atoms with van der Waals surface area (Å²) in [6, 6.07) is 14.3. The third-order valence-electron chi connectivity index (χ3n) is 6.46. The lowest BCUT2D eigenvalue weighted by Crippen LogP contribution is -3.00. The number of rotatable bonds is 7. The summed E-state index contributed by atoms with van der Waals surface area (Å²) in [5.74, 6) is 1.06. The predicted octanol–water partition coefficient (Wildman–Crippen LogP) is 2.23. The van der Waals surface area contributed by atoms with Crippen molar-refractivity contribution in [2.75, 3.05) is 25.5 Å². The van der Waals surface area contributed by atoms with Gasteiger partial charge in [-0.1, -0.05) is 37.3 Å². The summed E-state index contributed by atoms with van der Waals surface area (Å²) in [5, 5.41) is 3.28. The fourth-order valence-corrected chi connectivity index (χ4v) is 4.93. The van der Waals surface area contributed by atoms with E-state index in [1.165, 1.54) is 24.8 Å². The lowest BCUT2D eigenvalue weighted by molar-refractivity contribution is -0.959. The van der Waals surface area contributed by atoms with Gasteiger partial charge in [-0.2, -0.15) is 0 Å². The minimum Gasteiger partial charge on any atom is -1.00 e. The van der Waals surface area contributed by atoms with Gasteiger partial charge >= 0.3 is 0 Å². The molecule has 1 saturated heterocycles. The molecule has 0 radical (unpaired) electrons. The molecule has 30 heavy (non-hydrogen) atoms. The molecule has 5 heteroatoms. The quantitative estimate of drug-likeness (QED) is 0.624. The van der Waals surface area contributed by atoms with Gasteiger partial charge in [0.05, 0.1) is 20.2 Å². The third-order valence-corrected chi connectivity index (χ3v) is 6.46. The summed E-state index contributed by atoms with van der Waals surface area (Å²) in [4.78, 5) is 13.5. The van der Waals surface area contributed by atoms with Crippen molar-refractivity contribution in [1.82, 2.24) is 0 Å². The van der Waals surface area contributed by atoms with Crippen LogP contribution in [0.4, 0.5) is 5.69 Å². The Labute approximate surface area is 192 Å². The van der Waals surface area contributed by atoms with E-state index < -0.39 is 0 Å². The Hall–Kier alpha value is -1.85. The summed E-state index contributed by atoms with van der Waals surface area (Å²) in [6.45, 7) is 9.18. The summed E-state index contributed by atoms with van der Waals surface area (Å²) in [6.07, 6.45) is 4.41. The number of nitrogens with zero attached hydrogens (tertiary/aromatic N) is 1. The molecule has 1 atom stereocenters. The SMILES string of the molecule is CCC(C(=O)Nc1c(C)cccc1C)[N+]1(Cc2ccccc2OC)CCCCC1.[Br-]. The molecule has 1 amide bonds.